The summed E-state index contributed by atoms with van der Waals surface area (Å²) in [6, 6.07) is 7.94. The van der Waals surface area contributed by atoms with Crippen LogP contribution in [0.2, 0.25) is 5.02 Å². The number of aliphatic hydroxyl groups is 1. The average Bonchev–Trinajstić information content (AvgIpc) is 3.28. The molecule has 2 aromatic carbocycles. The molecule has 1 fully saturated rings. The van der Waals surface area contributed by atoms with Crippen molar-refractivity contribution >= 4 is 39.9 Å². The number of benzene rings is 2. The van der Waals surface area contributed by atoms with Crippen LogP contribution in [0, 0.1) is 5.82 Å². The highest BCUT2D eigenvalue weighted by Crippen LogP contribution is 2.36. The molecule has 0 aliphatic carbocycles. The van der Waals surface area contributed by atoms with Crippen LogP contribution >= 0.6 is 11.6 Å². The third-order valence-electron chi connectivity index (χ3n) is 5.39. The zero-order valence-electron chi connectivity index (χ0n) is 17.3. The molecule has 8 nitrogen and oxygen atoms in total. The first-order chi connectivity index (χ1) is 15.5. The molecule has 10 heteroatoms. The summed E-state index contributed by atoms with van der Waals surface area (Å²) < 4.78 is 25.8. The predicted molar refractivity (Wildman–Crippen MR) is 118 cm³/mol. The molecular weight excluding hydrogens is 439 g/mol. The number of aliphatic hydroxyl groups excluding tert-OH is 1. The van der Waals surface area contributed by atoms with Crippen LogP contribution in [-0.4, -0.2) is 58.8 Å². The van der Waals surface area contributed by atoms with Crippen molar-refractivity contribution < 1.29 is 23.8 Å². The summed E-state index contributed by atoms with van der Waals surface area (Å²) in [4.78, 5) is 22.1. The van der Waals surface area contributed by atoms with E-state index in [9.17, 15) is 14.3 Å². The Morgan fingerprint density at radius 2 is 2.19 bits per heavy atom. The Balaban J connectivity index is 1.63. The van der Waals surface area contributed by atoms with Gasteiger partial charge in [0.15, 0.2) is 17.3 Å². The number of hydrogen-bond acceptors (Lipinski definition) is 7. The van der Waals surface area contributed by atoms with Crippen molar-refractivity contribution in [2.75, 3.05) is 32.2 Å². The van der Waals surface area contributed by atoms with Crippen molar-refractivity contribution in [3.63, 3.8) is 0 Å². The van der Waals surface area contributed by atoms with E-state index in [1.54, 1.807) is 29.2 Å². The number of anilines is 2. The normalized spacial score (nSPS) is 15.8. The second kappa shape index (κ2) is 9.54. The third-order valence-corrected chi connectivity index (χ3v) is 5.68. The highest BCUT2D eigenvalue weighted by molar-refractivity contribution is 6.31. The van der Waals surface area contributed by atoms with Gasteiger partial charge in [0.25, 0.3) is 0 Å². The van der Waals surface area contributed by atoms with Crippen molar-refractivity contribution in [1.29, 1.82) is 0 Å². The first kappa shape index (κ1) is 22.0. The lowest BCUT2D eigenvalue weighted by Gasteiger charge is -2.24. The van der Waals surface area contributed by atoms with E-state index in [1.807, 2.05) is 0 Å². The van der Waals surface area contributed by atoms with Crippen LogP contribution < -0.4 is 14.8 Å². The predicted octanol–water partition coefficient (Wildman–Crippen LogP) is 3.54. The van der Waals surface area contributed by atoms with Gasteiger partial charge in [-0.15, -0.1) is 0 Å². The van der Waals surface area contributed by atoms with Gasteiger partial charge in [0, 0.05) is 18.0 Å². The number of carbonyl (C=O) groups excluding carboxylic acids is 1. The molecule has 1 saturated heterocycles. The van der Waals surface area contributed by atoms with Crippen molar-refractivity contribution in [2.24, 2.45) is 0 Å². The van der Waals surface area contributed by atoms with E-state index in [0.29, 0.717) is 34.8 Å². The largest absolute Gasteiger partial charge is 0.493 e. The first-order valence-electron chi connectivity index (χ1n) is 10.1. The number of aromatic nitrogens is 2. The molecule has 3 aromatic rings. The number of likely N-dealkylation sites (tertiary alicyclic amines) is 1. The van der Waals surface area contributed by atoms with Crippen molar-refractivity contribution in [1.82, 2.24) is 14.9 Å². The fourth-order valence-corrected chi connectivity index (χ4v) is 3.95. The van der Waals surface area contributed by atoms with Gasteiger partial charge in [0.1, 0.15) is 25.4 Å². The number of rotatable bonds is 7. The summed E-state index contributed by atoms with van der Waals surface area (Å²) in [6.07, 6.45) is 3.00. The fraction of sp³-hybridized carbons (Fsp3) is 0.318. The summed E-state index contributed by atoms with van der Waals surface area (Å²) >= 11 is 5.88. The molecule has 1 aliphatic rings. The van der Waals surface area contributed by atoms with Gasteiger partial charge in [0.2, 0.25) is 5.91 Å². The fourth-order valence-electron chi connectivity index (χ4n) is 3.78. The Kier molecular flexibility index (Phi) is 6.57. The van der Waals surface area contributed by atoms with Gasteiger partial charge < -0.3 is 24.8 Å². The second-order valence-corrected chi connectivity index (χ2v) is 7.73. The first-order valence-corrected chi connectivity index (χ1v) is 10.5. The summed E-state index contributed by atoms with van der Waals surface area (Å²) in [5, 5.41) is 12.7. The van der Waals surface area contributed by atoms with Crippen LogP contribution in [0.1, 0.15) is 12.8 Å². The van der Waals surface area contributed by atoms with Crippen molar-refractivity contribution in [3.8, 4) is 11.5 Å². The van der Waals surface area contributed by atoms with Gasteiger partial charge in [-0.1, -0.05) is 17.7 Å². The molecule has 0 radical (unpaired) electrons. The van der Waals surface area contributed by atoms with Gasteiger partial charge in [0.05, 0.1) is 29.4 Å². The number of methoxy groups -OCH3 is 1. The van der Waals surface area contributed by atoms with E-state index in [2.05, 4.69) is 15.3 Å². The van der Waals surface area contributed by atoms with E-state index in [0.717, 1.165) is 12.8 Å². The molecule has 0 saturated carbocycles. The van der Waals surface area contributed by atoms with Gasteiger partial charge in [-0.3, -0.25) is 4.79 Å². The van der Waals surface area contributed by atoms with Crippen LogP contribution in [0.25, 0.3) is 10.9 Å². The van der Waals surface area contributed by atoms with E-state index in [4.69, 9.17) is 21.1 Å². The van der Waals surface area contributed by atoms with Crippen LogP contribution in [0.5, 0.6) is 11.5 Å². The topological polar surface area (TPSA) is 96.8 Å². The Labute approximate surface area is 188 Å². The lowest BCUT2D eigenvalue weighted by atomic mass is 10.2. The van der Waals surface area contributed by atoms with E-state index in [-0.39, 0.29) is 29.3 Å². The summed E-state index contributed by atoms with van der Waals surface area (Å²) in [6.45, 7) is 0.310. The maximum absolute atomic E-state index is 14.4. The maximum Gasteiger partial charge on any atom is 0.248 e. The molecule has 0 bridgehead atoms. The molecule has 0 unspecified atom stereocenters. The highest BCUT2D eigenvalue weighted by Gasteiger charge is 2.29. The van der Waals surface area contributed by atoms with Crippen LogP contribution in [0.4, 0.5) is 15.9 Å². The molecule has 2 heterocycles. The summed E-state index contributed by atoms with van der Waals surface area (Å²) in [5.41, 5.74) is 0.756. The lowest BCUT2D eigenvalue weighted by molar-refractivity contribution is -0.135. The maximum atomic E-state index is 14.4. The number of ether oxygens (including phenoxy) is 2. The number of halogens is 2. The standard InChI is InChI=1S/C22H22ClFN4O4/c1-31-18-9-17-14(8-19(18)32-11-13-4-3-7-28(13)20(30)10-29)22(26-12-25-17)27-16-6-2-5-15(23)21(16)24/h2,5-6,8-9,12-13,29H,3-4,7,10-11H2,1H3,(H,25,26,27)/t13-/m0/s1. The zero-order chi connectivity index (χ0) is 22.7. The van der Waals surface area contributed by atoms with Gasteiger partial charge in [-0.2, -0.15) is 0 Å². The Morgan fingerprint density at radius 3 is 2.97 bits per heavy atom. The molecule has 2 N–H and O–H groups in total. The molecule has 1 aliphatic heterocycles. The molecule has 4 rings (SSSR count). The molecule has 168 valence electrons. The minimum absolute atomic E-state index is 0.00222. The lowest BCUT2D eigenvalue weighted by Crippen LogP contribution is -2.40. The summed E-state index contributed by atoms with van der Waals surface area (Å²) in [7, 11) is 1.52. The smallest absolute Gasteiger partial charge is 0.248 e. The summed E-state index contributed by atoms with van der Waals surface area (Å²) in [5.74, 6) is 0.384. The molecule has 1 amide bonds. The van der Waals surface area contributed by atoms with Crippen molar-refractivity contribution in [2.45, 2.75) is 18.9 Å². The quantitative estimate of drug-likeness (QED) is 0.556. The average molecular weight is 461 g/mol. The number of nitrogens with zero attached hydrogens (tertiary/aromatic N) is 3. The van der Waals surface area contributed by atoms with E-state index < -0.39 is 12.4 Å². The molecule has 0 spiro atoms. The number of carbonyl (C=O) groups is 1. The minimum atomic E-state index is -0.583. The number of fused-ring (bicyclic) bond motifs is 1. The SMILES string of the molecule is COc1cc2ncnc(Nc3cccc(Cl)c3F)c2cc1OC[C@@H]1CCCN1C(=O)CO. The van der Waals surface area contributed by atoms with Gasteiger partial charge >= 0.3 is 0 Å². The Bertz CT molecular complexity index is 1150. The van der Waals surface area contributed by atoms with E-state index >= 15 is 0 Å². The number of hydrogen-bond donors (Lipinski definition) is 2. The molecule has 32 heavy (non-hydrogen) atoms. The van der Waals surface area contributed by atoms with E-state index in [1.165, 1.54) is 19.5 Å². The monoisotopic (exact) mass is 460 g/mol. The minimum Gasteiger partial charge on any atom is -0.493 e. The Hall–Kier alpha value is -3.17. The van der Waals surface area contributed by atoms with Gasteiger partial charge in [-0.05, 0) is 31.0 Å². The van der Waals surface area contributed by atoms with Crippen molar-refractivity contribution in [3.05, 3.63) is 47.5 Å². The molecular formula is C22H22ClFN4O4. The third kappa shape index (κ3) is 4.39. The van der Waals surface area contributed by atoms with Crippen LogP contribution in [0.3, 0.4) is 0 Å². The zero-order valence-corrected chi connectivity index (χ0v) is 18.1. The number of amides is 1. The van der Waals surface area contributed by atoms with Crippen LogP contribution in [-0.2, 0) is 4.79 Å². The second-order valence-electron chi connectivity index (χ2n) is 7.32. The molecule has 1 atom stereocenters. The van der Waals surface area contributed by atoms with Crippen LogP contribution in [0.15, 0.2) is 36.7 Å². The highest BCUT2D eigenvalue weighted by atomic mass is 35.5. The Morgan fingerprint density at radius 1 is 1.34 bits per heavy atom. The van der Waals surface area contributed by atoms with Gasteiger partial charge in [-0.25, -0.2) is 14.4 Å². The molecule has 1 aromatic heterocycles. The number of nitrogens with one attached hydrogen (secondary N) is 1.